The molecule has 2 N–H and O–H groups in total. The third kappa shape index (κ3) is 3.39. The zero-order chi connectivity index (χ0) is 19.7. The fourth-order valence-electron chi connectivity index (χ4n) is 3.40. The van der Waals surface area contributed by atoms with Gasteiger partial charge in [-0.1, -0.05) is 0 Å². The van der Waals surface area contributed by atoms with Gasteiger partial charge in [0.05, 0.1) is 25.6 Å². The molecular weight excluding hydrogens is 358 g/mol. The van der Waals surface area contributed by atoms with Gasteiger partial charge in [0.2, 0.25) is 0 Å². The summed E-state index contributed by atoms with van der Waals surface area (Å²) in [6, 6.07) is 10.9. The lowest BCUT2D eigenvalue weighted by Gasteiger charge is -2.33. The van der Waals surface area contributed by atoms with Crippen molar-refractivity contribution in [3.63, 3.8) is 0 Å². The van der Waals surface area contributed by atoms with E-state index >= 15 is 0 Å². The van der Waals surface area contributed by atoms with Crippen LogP contribution in [-0.4, -0.2) is 54.8 Å². The number of methoxy groups -OCH3 is 2. The molecule has 8 heteroatoms. The molecule has 1 saturated heterocycles. The van der Waals surface area contributed by atoms with Crippen molar-refractivity contribution in [2.75, 3.05) is 45.3 Å². The summed E-state index contributed by atoms with van der Waals surface area (Å²) in [5, 5.41) is 1.81. The summed E-state index contributed by atoms with van der Waals surface area (Å²) in [4.78, 5) is 19.6. The molecule has 28 heavy (non-hydrogen) atoms. The first kappa shape index (κ1) is 18.3. The van der Waals surface area contributed by atoms with Crippen LogP contribution < -0.4 is 25.8 Å². The fourth-order valence-corrected chi connectivity index (χ4v) is 3.40. The molecule has 2 aromatic heterocycles. The summed E-state index contributed by atoms with van der Waals surface area (Å²) in [7, 11) is 3.17. The highest BCUT2D eigenvalue weighted by Crippen LogP contribution is 2.31. The van der Waals surface area contributed by atoms with Gasteiger partial charge < -0.3 is 14.4 Å². The minimum Gasteiger partial charge on any atom is -0.493 e. The number of hydrogen-bond donors (Lipinski definition) is 1. The first-order valence-corrected chi connectivity index (χ1v) is 9.09. The Morgan fingerprint density at radius 1 is 0.964 bits per heavy atom. The number of hydrazine groups is 1. The number of piperazine rings is 1. The third-order valence-electron chi connectivity index (χ3n) is 5.00. The van der Waals surface area contributed by atoms with Gasteiger partial charge in [-0.05, 0) is 30.3 Å². The van der Waals surface area contributed by atoms with Crippen LogP contribution in [0.5, 0.6) is 11.5 Å². The second-order valence-electron chi connectivity index (χ2n) is 6.69. The maximum absolute atomic E-state index is 12.8. The SMILES string of the molecule is COc1ccc(-c2cc(=O)n3cc(N4CCN(N)CC4)ccc3n2)cc1OC. The highest BCUT2D eigenvalue weighted by atomic mass is 16.5. The van der Waals surface area contributed by atoms with Crippen molar-refractivity contribution in [2.24, 2.45) is 5.84 Å². The van der Waals surface area contributed by atoms with Gasteiger partial charge in [-0.25, -0.2) is 9.99 Å². The predicted molar refractivity (Wildman–Crippen MR) is 108 cm³/mol. The molecule has 0 radical (unpaired) electrons. The molecule has 1 fully saturated rings. The van der Waals surface area contributed by atoms with E-state index in [9.17, 15) is 4.79 Å². The summed E-state index contributed by atoms with van der Waals surface area (Å²) in [6.07, 6.45) is 1.84. The average molecular weight is 381 g/mol. The molecule has 3 heterocycles. The van der Waals surface area contributed by atoms with Crippen LogP contribution in [-0.2, 0) is 0 Å². The largest absolute Gasteiger partial charge is 0.493 e. The number of pyridine rings is 1. The van der Waals surface area contributed by atoms with Crippen molar-refractivity contribution < 1.29 is 9.47 Å². The van der Waals surface area contributed by atoms with E-state index in [0.29, 0.717) is 22.8 Å². The minimum atomic E-state index is -0.130. The first-order chi connectivity index (χ1) is 13.6. The molecule has 8 nitrogen and oxygen atoms in total. The summed E-state index contributed by atoms with van der Waals surface area (Å²) in [5.41, 5.74) is 2.84. The molecule has 0 spiro atoms. The molecular formula is C20H23N5O3. The van der Waals surface area contributed by atoms with Crippen LogP contribution in [0, 0.1) is 0 Å². The normalized spacial score (nSPS) is 15.0. The number of hydrogen-bond acceptors (Lipinski definition) is 7. The smallest absolute Gasteiger partial charge is 0.258 e. The van der Waals surface area contributed by atoms with Crippen LogP contribution in [0.25, 0.3) is 16.9 Å². The lowest BCUT2D eigenvalue weighted by molar-refractivity contribution is 0.266. The molecule has 1 aliphatic heterocycles. The minimum absolute atomic E-state index is 0.130. The van der Waals surface area contributed by atoms with Crippen molar-refractivity contribution in [1.82, 2.24) is 14.4 Å². The third-order valence-corrected chi connectivity index (χ3v) is 5.00. The van der Waals surface area contributed by atoms with E-state index in [4.69, 9.17) is 15.3 Å². The number of ether oxygens (including phenoxy) is 2. The summed E-state index contributed by atoms with van der Waals surface area (Å²) in [5.74, 6) is 7.05. The van der Waals surface area contributed by atoms with E-state index in [-0.39, 0.29) is 5.56 Å². The Balaban J connectivity index is 1.71. The fraction of sp³-hybridized carbons (Fsp3) is 0.300. The van der Waals surface area contributed by atoms with E-state index in [1.165, 1.54) is 6.07 Å². The van der Waals surface area contributed by atoms with E-state index in [1.54, 1.807) is 29.7 Å². The zero-order valence-electron chi connectivity index (χ0n) is 16.0. The van der Waals surface area contributed by atoms with Crippen LogP contribution in [0.15, 0.2) is 47.4 Å². The molecule has 0 unspecified atom stereocenters. The summed E-state index contributed by atoms with van der Waals surface area (Å²) >= 11 is 0. The number of rotatable bonds is 4. The molecule has 0 aliphatic carbocycles. The predicted octanol–water partition coefficient (Wildman–Crippen LogP) is 1.37. The maximum Gasteiger partial charge on any atom is 0.258 e. The molecule has 146 valence electrons. The second-order valence-corrected chi connectivity index (χ2v) is 6.69. The number of benzene rings is 1. The van der Waals surface area contributed by atoms with Crippen molar-refractivity contribution in [3.05, 3.63) is 52.9 Å². The lowest BCUT2D eigenvalue weighted by atomic mass is 10.1. The van der Waals surface area contributed by atoms with Crippen molar-refractivity contribution in [3.8, 4) is 22.8 Å². The zero-order valence-corrected chi connectivity index (χ0v) is 16.0. The van der Waals surface area contributed by atoms with E-state index in [0.717, 1.165) is 37.4 Å². The number of fused-ring (bicyclic) bond motifs is 1. The monoisotopic (exact) mass is 381 g/mol. The number of nitrogens with two attached hydrogens (primary N) is 1. The lowest BCUT2D eigenvalue weighted by Crippen LogP contribution is -2.49. The Kier molecular flexibility index (Phi) is 4.89. The molecule has 3 aromatic rings. The van der Waals surface area contributed by atoms with Crippen LogP contribution in [0.4, 0.5) is 5.69 Å². The molecule has 0 amide bonds. The Morgan fingerprint density at radius 2 is 1.71 bits per heavy atom. The van der Waals surface area contributed by atoms with Gasteiger partial charge in [-0.2, -0.15) is 0 Å². The molecule has 1 aromatic carbocycles. The van der Waals surface area contributed by atoms with Crippen molar-refractivity contribution in [1.29, 1.82) is 0 Å². The van der Waals surface area contributed by atoms with Crippen LogP contribution in [0.3, 0.4) is 0 Å². The molecule has 0 atom stereocenters. The van der Waals surface area contributed by atoms with Gasteiger partial charge in [0.25, 0.3) is 5.56 Å². The van der Waals surface area contributed by atoms with E-state index < -0.39 is 0 Å². The van der Waals surface area contributed by atoms with Gasteiger partial charge >= 0.3 is 0 Å². The Hall–Kier alpha value is -3.10. The molecule has 0 saturated carbocycles. The van der Waals surface area contributed by atoms with Crippen LogP contribution in [0.1, 0.15) is 0 Å². The first-order valence-electron chi connectivity index (χ1n) is 9.09. The molecule has 4 rings (SSSR count). The number of anilines is 1. The number of nitrogens with zero attached hydrogens (tertiary/aromatic N) is 4. The maximum atomic E-state index is 12.8. The molecule has 1 aliphatic rings. The van der Waals surface area contributed by atoms with Gasteiger partial charge in [-0.15, -0.1) is 0 Å². The topological polar surface area (TPSA) is 85.3 Å². The van der Waals surface area contributed by atoms with Crippen molar-refractivity contribution >= 4 is 11.3 Å². The Labute approximate surface area is 162 Å². The van der Waals surface area contributed by atoms with Gasteiger partial charge in [0, 0.05) is 44.0 Å². The van der Waals surface area contributed by atoms with Crippen LogP contribution >= 0.6 is 0 Å². The molecule has 0 bridgehead atoms. The Bertz CT molecular complexity index is 1060. The average Bonchev–Trinajstić information content (AvgIpc) is 2.73. The second kappa shape index (κ2) is 7.49. The summed E-state index contributed by atoms with van der Waals surface area (Å²) < 4.78 is 12.2. The highest BCUT2D eigenvalue weighted by molar-refractivity contribution is 5.66. The van der Waals surface area contributed by atoms with Gasteiger partial charge in [0.1, 0.15) is 5.65 Å². The van der Waals surface area contributed by atoms with Crippen LogP contribution in [0.2, 0.25) is 0 Å². The quantitative estimate of drug-likeness (QED) is 0.683. The van der Waals surface area contributed by atoms with E-state index in [1.807, 2.05) is 30.5 Å². The van der Waals surface area contributed by atoms with E-state index in [2.05, 4.69) is 9.88 Å². The highest BCUT2D eigenvalue weighted by Gasteiger charge is 2.16. The van der Waals surface area contributed by atoms with Gasteiger partial charge in [-0.3, -0.25) is 15.0 Å². The van der Waals surface area contributed by atoms with Gasteiger partial charge in [0.15, 0.2) is 11.5 Å². The number of aromatic nitrogens is 2. The Morgan fingerprint density at radius 3 is 2.43 bits per heavy atom. The standard InChI is InChI=1S/C20H23N5O3/c1-27-17-5-3-14(11-18(17)28-2)16-12-20(26)25-13-15(4-6-19(25)22-16)23-7-9-24(21)10-8-23/h3-6,11-13H,7-10,21H2,1-2H3. The summed E-state index contributed by atoms with van der Waals surface area (Å²) in [6.45, 7) is 3.24. The van der Waals surface area contributed by atoms with Crippen molar-refractivity contribution in [2.45, 2.75) is 0 Å².